The maximum Gasteiger partial charge on any atom is 0.137 e. The van der Waals surface area contributed by atoms with E-state index >= 15 is 0 Å². The summed E-state index contributed by atoms with van der Waals surface area (Å²) >= 11 is 0. The lowest BCUT2D eigenvalue weighted by Gasteiger charge is -2.14. The summed E-state index contributed by atoms with van der Waals surface area (Å²) in [5.74, 6) is 0.789. The highest BCUT2D eigenvalue weighted by Gasteiger charge is 2.12. The fourth-order valence-electron chi connectivity index (χ4n) is 2.91. The van der Waals surface area contributed by atoms with Crippen molar-refractivity contribution in [3.8, 4) is 11.3 Å². The summed E-state index contributed by atoms with van der Waals surface area (Å²) in [5.41, 5.74) is 5.99. The Hall–Kier alpha value is -3.28. The number of aromatic nitrogens is 5. The van der Waals surface area contributed by atoms with E-state index in [1.54, 1.807) is 6.33 Å². The van der Waals surface area contributed by atoms with Crippen LogP contribution in [-0.2, 0) is 0 Å². The molecular formula is C20H20N6. The molecule has 0 amide bonds. The topological polar surface area (TPSA) is 79.4 Å². The Labute approximate surface area is 151 Å². The van der Waals surface area contributed by atoms with E-state index < -0.39 is 0 Å². The molecule has 3 aromatic heterocycles. The third-order valence-corrected chi connectivity index (χ3v) is 4.37. The first-order valence-electron chi connectivity index (χ1n) is 8.56. The monoisotopic (exact) mass is 344 g/mol. The predicted molar refractivity (Wildman–Crippen MR) is 103 cm³/mol. The molecule has 26 heavy (non-hydrogen) atoms. The van der Waals surface area contributed by atoms with Crippen molar-refractivity contribution in [1.29, 1.82) is 0 Å². The van der Waals surface area contributed by atoms with Crippen molar-refractivity contribution in [2.45, 2.75) is 26.8 Å². The molecule has 3 heterocycles. The number of hydrogen-bond donors (Lipinski definition) is 2. The first-order valence-corrected chi connectivity index (χ1v) is 8.56. The molecule has 0 fully saturated rings. The molecule has 1 aromatic carbocycles. The summed E-state index contributed by atoms with van der Waals surface area (Å²) in [6, 6.07) is 12.3. The van der Waals surface area contributed by atoms with Crippen molar-refractivity contribution in [2.24, 2.45) is 0 Å². The second-order valence-electron chi connectivity index (χ2n) is 6.52. The minimum absolute atomic E-state index is 0.0270. The van der Waals surface area contributed by atoms with Crippen molar-refractivity contribution in [3.05, 3.63) is 65.9 Å². The van der Waals surface area contributed by atoms with E-state index in [0.29, 0.717) is 0 Å². The van der Waals surface area contributed by atoms with Crippen LogP contribution >= 0.6 is 0 Å². The SMILES string of the molecule is Cc1ccc(-c2ccc3ncnc(NC(C)c4cc(C)[nH]n4)c3c2)nc1. The van der Waals surface area contributed by atoms with Gasteiger partial charge in [0, 0.05) is 22.8 Å². The van der Waals surface area contributed by atoms with Gasteiger partial charge in [-0.15, -0.1) is 0 Å². The van der Waals surface area contributed by atoms with Gasteiger partial charge in [-0.1, -0.05) is 12.1 Å². The highest BCUT2D eigenvalue weighted by Crippen LogP contribution is 2.28. The van der Waals surface area contributed by atoms with E-state index in [1.165, 1.54) is 0 Å². The van der Waals surface area contributed by atoms with Gasteiger partial charge in [0.05, 0.1) is 22.9 Å². The van der Waals surface area contributed by atoms with Gasteiger partial charge >= 0.3 is 0 Å². The van der Waals surface area contributed by atoms with Crippen molar-refractivity contribution in [2.75, 3.05) is 5.32 Å². The first-order chi connectivity index (χ1) is 12.6. The lowest BCUT2D eigenvalue weighted by molar-refractivity contribution is 0.819. The maximum absolute atomic E-state index is 4.52. The average molecular weight is 344 g/mol. The van der Waals surface area contributed by atoms with E-state index in [9.17, 15) is 0 Å². The molecule has 0 saturated heterocycles. The summed E-state index contributed by atoms with van der Waals surface area (Å²) in [6.45, 7) is 6.09. The van der Waals surface area contributed by atoms with Crippen LogP contribution in [0.3, 0.4) is 0 Å². The van der Waals surface area contributed by atoms with Crippen molar-refractivity contribution < 1.29 is 0 Å². The zero-order chi connectivity index (χ0) is 18.1. The van der Waals surface area contributed by atoms with Crippen LogP contribution < -0.4 is 5.32 Å². The molecule has 0 aliphatic rings. The molecule has 1 atom stereocenters. The zero-order valence-electron chi connectivity index (χ0n) is 15.0. The number of benzene rings is 1. The van der Waals surface area contributed by atoms with Crippen LogP contribution in [0.15, 0.2) is 48.9 Å². The number of fused-ring (bicyclic) bond motifs is 1. The number of hydrogen-bond acceptors (Lipinski definition) is 5. The molecule has 0 radical (unpaired) electrons. The highest BCUT2D eigenvalue weighted by molar-refractivity contribution is 5.92. The standard InChI is InChI=1S/C20H20N6/c1-12-4-6-17(21-10-12)15-5-7-18-16(9-15)20(23-11-22-18)24-14(3)19-8-13(2)25-26-19/h4-11,14H,1-3H3,(H,25,26)(H,22,23,24). The number of aryl methyl sites for hydroxylation is 2. The average Bonchev–Trinajstić information content (AvgIpc) is 3.09. The molecule has 6 nitrogen and oxygen atoms in total. The second-order valence-corrected chi connectivity index (χ2v) is 6.52. The smallest absolute Gasteiger partial charge is 0.137 e. The van der Waals surface area contributed by atoms with Crippen molar-refractivity contribution in [1.82, 2.24) is 25.1 Å². The summed E-state index contributed by atoms with van der Waals surface area (Å²) in [5, 5.41) is 11.7. The van der Waals surface area contributed by atoms with Crippen molar-refractivity contribution in [3.63, 3.8) is 0 Å². The quantitative estimate of drug-likeness (QED) is 0.580. The third-order valence-electron chi connectivity index (χ3n) is 4.37. The fourth-order valence-corrected chi connectivity index (χ4v) is 2.91. The van der Waals surface area contributed by atoms with Gasteiger partial charge in [-0.05, 0) is 50.6 Å². The Morgan fingerprint density at radius 3 is 2.62 bits per heavy atom. The number of nitrogens with zero attached hydrogens (tertiary/aromatic N) is 4. The summed E-state index contributed by atoms with van der Waals surface area (Å²) < 4.78 is 0. The largest absolute Gasteiger partial charge is 0.361 e. The molecule has 0 bridgehead atoms. The Kier molecular flexibility index (Phi) is 4.08. The van der Waals surface area contributed by atoms with Gasteiger partial charge in [0.2, 0.25) is 0 Å². The van der Waals surface area contributed by atoms with Crippen LogP contribution in [0.4, 0.5) is 5.82 Å². The summed E-state index contributed by atoms with van der Waals surface area (Å²) in [4.78, 5) is 13.3. The predicted octanol–water partition coefficient (Wildman–Crippen LogP) is 4.20. The van der Waals surface area contributed by atoms with Crippen molar-refractivity contribution >= 4 is 16.7 Å². The third kappa shape index (κ3) is 3.13. The first kappa shape index (κ1) is 16.2. The number of pyridine rings is 1. The van der Waals surface area contributed by atoms with E-state index in [0.717, 1.165) is 44.9 Å². The highest BCUT2D eigenvalue weighted by atomic mass is 15.1. The molecule has 0 aliphatic heterocycles. The minimum atomic E-state index is 0.0270. The van der Waals surface area contributed by atoms with Gasteiger partial charge in [0.15, 0.2) is 0 Å². The molecule has 0 spiro atoms. The lowest BCUT2D eigenvalue weighted by atomic mass is 10.1. The van der Waals surface area contributed by atoms with Gasteiger partial charge < -0.3 is 5.32 Å². The van der Waals surface area contributed by atoms with Gasteiger partial charge in [-0.25, -0.2) is 9.97 Å². The van der Waals surface area contributed by atoms with E-state index in [1.807, 2.05) is 44.3 Å². The Bertz CT molecular complexity index is 1050. The van der Waals surface area contributed by atoms with Crippen LogP contribution in [0.5, 0.6) is 0 Å². The maximum atomic E-state index is 4.52. The van der Waals surface area contributed by atoms with Gasteiger partial charge in [0.25, 0.3) is 0 Å². The number of anilines is 1. The lowest BCUT2D eigenvalue weighted by Crippen LogP contribution is -2.09. The molecular weight excluding hydrogens is 324 g/mol. The Balaban J connectivity index is 1.72. The molecule has 6 heteroatoms. The number of nitrogens with one attached hydrogen (secondary N) is 2. The van der Waals surface area contributed by atoms with E-state index in [-0.39, 0.29) is 6.04 Å². The summed E-state index contributed by atoms with van der Waals surface area (Å²) in [6.07, 6.45) is 3.46. The normalized spacial score (nSPS) is 12.3. The molecule has 0 saturated carbocycles. The zero-order valence-corrected chi connectivity index (χ0v) is 15.0. The van der Waals surface area contributed by atoms with Crippen LogP contribution in [0.25, 0.3) is 22.2 Å². The minimum Gasteiger partial charge on any atom is -0.361 e. The Morgan fingerprint density at radius 1 is 1.00 bits per heavy atom. The fraction of sp³-hybridized carbons (Fsp3) is 0.200. The molecule has 4 aromatic rings. The molecule has 1 unspecified atom stereocenters. The number of rotatable bonds is 4. The van der Waals surface area contributed by atoms with Gasteiger partial charge in [0.1, 0.15) is 12.1 Å². The van der Waals surface area contributed by atoms with Gasteiger partial charge in [-0.2, -0.15) is 5.10 Å². The van der Waals surface area contributed by atoms with E-state index in [2.05, 4.69) is 49.5 Å². The molecule has 0 aliphatic carbocycles. The summed E-state index contributed by atoms with van der Waals surface area (Å²) in [7, 11) is 0. The van der Waals surface area contributed by atoms with Crippen LogP contribution in [-0.4, -0.2) is 25.1 Å². The van der Waals surface area contributed by atoms with Crippen LogP contribution in [0.2, 0.25) is 0 Å². The second kappa shape index (κ2) is 6.55. The molecule has 2 N–H and O–H groups in total. The molecule has 4 rings (SSSR count). The van der Waals surface area contributed by atoms with Gasteiger partial charge in [-0.3, -0.25) is 10.1 Å². The number of aromatic amines is 1. The number of H-pyrrole nitrogens is 1. The molecule has 130 valence electrons. The van der Waals surface area contributed by atoms with Crippen LogP contribution in [0.1, 0.15) is 29.9 Å². The van der Waals surface area contributed by atoms with Crippen LogP contribution in [0, 0.1) is 13.8 Å². The van der Waals surface area contributed by atoms with E-state index in [4.69, 9.17) is 0 Å². The Morgan fingerprint density at radius 2 is 1.88 bits per heavy atom.